The van der Waals surface area contributed by atoms with Crippen molar-refractivity contribution in [2.45, 2.75) is 49.7 Å². The maximum absolute atomic E-state index is 13.4. The molecular weight excluding hydrogens is 578 g/mol. The Morgan fingerprint density at radius 3 is 2.23 bits per heavy atom. The molecule has 0 radical (unpaired) electrons. The van der Waals surface area contributed by atoms with Crippen LogP contribution in [-0.4, -0.2) is 81.4 Å². The summed E-state index contributed by atoms with van der Waals surface area (Å²) in [6, 6.07) is 16.3. The first kappa shape index (κ1) is 31.6. The third kappa shape index (κ3) is 7.54. The molecule has 0 bridgehead atoms. The van der Waals surface area contributed by atoms with Crippen LogP contribution < -0.4 is 10.6 Å². The number of hydrogen-bond acceptors (Lipinski definition) is 9. The molecule has 2 aliphatic rings. The lowest BCUT2D eigenvalue weighted by atomic mass is 10.0. The molecule has 0 saturated carbocycles. The zero-order chi connectivity index (χ0) is 30.9. The summed E-state index contributed by atoms with van der Waals surface area (Å²) in [7, 11) is 0. The van der Waals surface area contributed by atoms with Gasteiger partial charge in [0.25, 0.3) is 5.91 Å². The van der Waals surface area contributed by atoms with Gasteiger partial charge in [-0.3, -0.25) is 14.5 Å². The molecule has 12 nitrogen and oxygen atoms in total. The van der Waals surface area contributed by atoms with Crippen molar-refractivity contribution in [1.29, 1.82) is 0 Å². The van der Waals surface area contributed by atoms with E-state index in [-0.39, 0.29) is 42.9 Å². The number of benzene rings is 2. The smallest absolute Gasteiger partial charge is 0.407 e. The van der Waals surface area contributed by atoms with Gasteiger partial charge >= 0.3 is 18.0 Å². The molecule has 2 heterocycles. The SMILES string of the molecule is CCOC(=O)NC(CCCC(=O)NC1C(=O)N2C(C(=O)O)=C(CO)CS[C@@H]12)C(=O)OC(c1ccccc1)c1ccccc1. The summed E-state index contributed by atoms with van der Waals surface area (Å²) in [4.78, 5) is 63.8. The van der Waals surface area contributed by atoms with Crippen LogP contribution in [0.1, 0.15) is 43.4 Å². The molecular formula is C30H33N3O9S. The lowest BCUT2D eigenvalue weighted by Gasteiger charge is -2.49. The second-order valence-electron chi connectivity index (χ2n) is 9.82. The molecule has 2 aromatic rings. The van der Waals surface area contributed by atoms with Crippen molar-refractivity contribution in [3.8, 4) is 0 Å². The van der Waals surface area contributed by atoms with Gasteiger partial charge in [0.15, 0.2) is 6.10 Å². The lowest BCUT2D eigenvalue weighted by Crippen LogP contribution is -2.70. The van der Waals surface area contributed by atoms with Gasteiger partial charge in [-0.1, -0.05) is 60.7 Å². The normalized spacial score (nSPS) is 18.3. The number of aliphatic hydroxyl groups excluding tert-OH is 1. The molecule has 2 aliphatic heterocycles. The largest absolute Gasteiger partial charge is 0.477 e. The Kier molecular flexibility index (Phi) is 10.8. The van der Waals surface area contributed by atoms with E-state index < -0.39 is 60.0 Å². The van der Waals surface area contributed by atoms with E-state index in [9.17, 15) is 34.2 Å². The van der Waals surface area contributed by atoms with Crippen molar-refractivity contribution < 1.29 is 43.7 Å². The quantitative estimate of drug-likeness (QED) is 0.195. The predicted molar refractivity (Wildman–Crippen MR) is 155 cm³/mol. The number of amides is 3. The number of carboxylic acid groups (broad SMARTS) is 1. The fraction of sp³-hybridized carbons (Fsp3) is 0.367. The minimum absolute atomic E-state index is 0.0516. The molecule has 0 spiro atoms. The number of β-lactam (4-membered cyclic amide) rings is 1. The third-order valence-corrected chi connectivity index (χ3v) is 8.28. The first-order valence-electron chi connectivity index (χ1n) is 13.8. The van der Waals surface area contributed by atoms with Gasteiger partial charge in [-0.2, -0.15) is 0 Å². The van der Waals surface area contributed by atoms with Crippen molar-refractivity contribution in [2.75, 3.05) is 19.0 Å². The third-order valence-electron chi connectivity index (χ3n) is 6.94. The van der Waals surface area contributed by atoms with Crippen LogP contribution >= 0.6 is 11.8 Å². The molecule has 228 valence electrons. The summed E-state index contributed by atoms with van der Waals surface area (Å²) < 4.78 is 10.9. The van der Waals surface area contributed by atoms with Gasteiger partial charge in [0.2, 0.25) is 5.91 Å². The Bertz CT molecular complexity index is 1330. The first-order chi connectivity index (χ1) is 20.7. The number of hydrogen-bond donors (Lipinski definition) is 4. The molecule has 2 aromatic carbocycles. The van der Waals surface area contributed by atoms with Crippen LogP contribution in [0, 0.1) is 0 Å². The lowest BCUT2D eigenvalue weighted by molar-refractivity contribution is -0.151. The molecule has 43 heavy (non-hydrogen) atoms. The van der Waals surface area contributed by atoms with E-state index in [2.05, 4.69) is 10.6 Å². The van der Waals surface area contributed by atoms with E-state index in [1.807, 2.05) is 60.7 Å². The number of ether oxygens (including phenoxy) is 2. The second-order valence-corrected chi connectivity index (χ2v) is 10.9. The Morgan fingerprint density at radius 1 is 1.05 bits per heavy atom. The van der Waals surface area contributed by atoms with Gasteiger partial charge in [0.05, 0.1) is 13.2 Å². The van der Waals surface area contributed by atoms with E-state index in [1.165, 1.54) is 11.8 Å². The number of carbonyl (C=O) groups is 5. The second kappa shape index (κ2) is 14.7. The molecule has 4 rings (SSSR count). The molecule has 3 atom stereocenters. The average molecular weight is 612 g/mol. The maximum atomic E-state index is 13.4. The molecule has 1 saturated heterocycles. The highest BCUT2D eigenvalue weighted by atomic mass is 32.2. The monoisotopic (exact) mass is 611 g/mol. The molecule has 1 fully saturated rings. The Labute approximate surface area is 252 Å². The molecule has 0 aromatic heterocycles. The van der Waals surface area contributed by atoms with Crippen LogP contribution in [0.15, 0.2) is 71.9 Å². The highest BCUT2D eigenvalue weighted by Crippen LogP contribution is 2.40. The van der Waals surface area contributed by atoms with E-state index in [1.54, 1.807) is 6.92 Å². The summed E-state index contributed by atoms with van der Waals surface area (Å²) >= 11 is 1.25. The van der Waals surface area contributed by atoms with E-state index >= 15 is 0 Å². The van der Waals surface area contributed by atoms with Crippen molar-refractivity contribution in [2.24, 2.45) is 0 Å². The van der Waals surface area contributed by atoms with Gasteiger partial charge in [-0.25, -0.2) is 14.4 Å². The van der Waals surface area contributed by atoms with Crippen LogP contribution in [0.4, 0.5) is 4.79 Å². The van der Waals surface area contributed by atoms with Crippen molar-refractivity contribution in [1.82, 2.24) is 15.5 Å². The number of thioether (sulfide) groups is 1. The standard InChI is InChI=1S/C30H33N3O9S/c1-2-41-30(40)31-21(29(39)42-25(18-10-5-3-6-11-18)19-12-7-4-8-13-19)14-9-15-22(35)32-23-26(36)33-24(28(37)38)20(16-34)17-43-27(23)33/h3-8,10-13,21,23,25,27,34H,2,9,14-17H2,1H3,(H,31,40)(H,32,35)(H,37,38)/t21?,23?,27-/m0/s1. The number of nitrogens with zero attached hydrogens (tertiary/aromatic N) is 1. The van der Waals surface area contributed by atoms with Crippen LogP contribution in [0.5, 0.6) is 0 Å². The number of nitrogens with one attached hydrogen (secondary N) is 2. The van der Waals surface area contributed by atoms with Crippen LogP contribution in [-0.2, 0) is 28.7 Å². The van der Waals surface area contributed by atoms with Crippen LogP contribution in [0.25, 0.3) is 0 Å². The van der Waals surface area contributed by atoms with Crippen molar-refractivity contribution >= 4 is 41.6 Å². The number of alkyl carbamates (subject to hydrolysis) is 1. The Balaban J connectivity index is 1.38. The number of rotatable bonds is 13. The zero-order valence-electron chi connectivity index (χ0n) is 23.4. The van der Waals surface area contributed by atoms with E-state index in [0.29, 0.717) is 0 Å². The van der Waals surface area contributed by atoms with E-state index in [4.69, 9.17) is 9.47 Å². The van der Waals surface area contributed by atoms with Crippen molar-refractivity contribution in [3.63, 3.8) is 0 Å². The summed E-state index contributed by atoms with van der Waals surface area (Å²) in [5, 5.41) is 23.5. The highest BCUT2D eigenvalue weighted by Gasteiger charge is 2.54. The summed E-state index contributed by atoms with van der Waals surface area (Å²) in [5.74, 6) is -2.85. The molecule has 3 amide bonds. The summed E-state index contributed by atoms with van der Waals surface area (Å²) in [6.45, 7) is 1.24. The van der Waals surface area contributed by atoms with Gasteiger partial charge in [-0.15, -0.1) is 11.8 Å². The van der Waals surface area contributed by atoms with Crippen molar-refractivity contribution in [3.05, 3.63) is 83.1 Å². The molecule has 0 aliphatic carbocycles. The van der Waals surface area contributed by atoms with Gasteiger partial charge < -0.3 is 30.3 Å². The van der Waals surface area contributed by atoms with Gasteiger partial charge in [-0.05, 0) is 36.5 Å². The van der Waals surface area contributed by atoms with Gasteiger partial charge in [0, 0.05) is 12.2 Å². The number of fused-ring (bicyclic) bond motifs is 1. The number of esters is 1. The molecule has 13 heteroatoms. The molecule has 2 unspecified atom stereocenters. The minimum atomic E-state index is -1.32. The highest BCUT2D eigenvalue weighted by molar-refractivity contribution is 8.00. The fourth-order valence-corrected chi connectivity index (χ4v) is 6.20. The zero-order valence-corrected chi connectivity index (χ0v) is 24.2. The number of aliphatic carboxylic acids is 1. The van der Waals surface area contributed by atoms with Gasteiger partial charge in [0.1, 0.15) is 23.2 Å². The number of carbonyl (C=O) groups excluding carboxylic acids is 4. The maximum Gasteiger partial charge on any atom is 0.407 e. The Morgan fingerprint density at radius 2 is 1.67 bits per heavy atom. The van der Waals surface area contributed by atoms with Crippen LogP contribution in [0.3, 0.4) is 0 Å². The first-order valence-corrected chi connectivity index (χ1v) is 14.8. The fourth-order valence-electron chi connectivity index (χ4n) is 4.86. The number of aliphatic hydroxyl groups is 1. The summed E-state index contributed by atoms with van der Waals surface area (Å²) in [5.41, 5.74) is 1.46. The van der Waals surface area contributed by atoms with Crippen LogP contribution in [0.2, 0.25) is 0 Å². The minimum Gasteiger partial charge on any atom is -0.477 e. The number of carboxylic acids is 1. The topological polar surface area (TPSA) is 172 Å². The summed E-state index contributed by atoms with van der Waals surface area (Å²) in [6.07, 6.45) is -1.39. The Hall–Kier alpha value is -4.36. The average Bonchev–Trinajstić information content (AvgIpc) is 3.01. The predicted octanol–water partition coefficient (Wildman–Crippen LogP) is 2.34. The molecule has 4 N–H and O–H groups in total. The van der Waals surface area contributed by atoms with E-state index in [0.717, 1.165) is 16.0 Å².